The van der Waals surface area contributed by atoms with Crippen molar-refractivity contribution in [2.75, 3.05) is 19.6 Å². The van der Waals surface area contributed by atoms with Gasteiger partial charge in [-0.15, -0.1) is 0 Å². The Bertz CT molecular complexity index is 1500. The highest BCUT2D eigenvalue weighted by Gasteiger charge is 2.37. The summed E-state index contributed by atoms with van der Waals surface area (Å²) in [5.74, 6) is -0.263. The summed E-state index contributed by atoms with van der Waals surface area (Å²) in [4.78, 5) is 46.2. The lowest BCUT2D eigenvalue weighted by molar-refractivity contribution is -0.143. The molecule has 1 N–H and O–H groups in total. The number of nitrogens with one attached hydrogen (secondary N) is 1. The van der Waals surface area contributed by atoms with Crippen LogP contribution < -0.4 is 0 Å². The van der Waals surface area contributed by atoms with E-state index < -0.39 is 5.92 Å². The Labute approximate surface area is 246 Å². The molecule has 9 heteroatoms. The highest BCUT2D eigenvalue weighted by molar-refractivity contribution is 6.35. The monoisotopic (exact) mass is 575 g/mol. The van der Waals surface area contributed by atoms with E-state index in [-0.39, 0.29) is 35.6 Å². The summed E-state index contributed by atoms with van der Waals surface area (Å²) in [7, 11) is 0. The van der Waals surface area contributed by atoms with Gasteiger partial charge in [-0.25, -0.2) is 0 Å². The minimum atomic E-state index is -0.454. The van der Waals surface area contributed by atoms with Crippen LogP contribution in [0.15, 0.2) is 36.5 Å². The van der Waals surface area contributed by atoms with Crippen LogP contribution in [-0.4, -0.2) is 68.3 Å². The number of nitrogens with zero attached hydrogens (tertiary/aromatic N) is 4. The van der Waals surface area contributed by atoms with Gasteiger partial charge in [0.2, 0.25) is 17.7 Å². The van der Waals surface area contributed by atoms with Crippen molar-refractivity contribution < 1.29 is 14.4 Å². The molecule has 0 bridgehead atoms. The van der Waals surface area contributed by atoms with E-state index in [9.17, 15) is 14.4 Å². The minimum absolute atomic E-state index is 0.00626. The molecule has 2 aromatic carbocycles. The van der Waals surface area contributed by atoms with Gasteiger partial charge in [-0.2, -0.15) is 5.10 Å². The van der Waals surface area contributed by atoms with E-state index in [1.54, 1.807) is 6.20 Å². The van der Waals surface area contributed by atoms with Gasteiger partial charge < -0.3 is 14.7 Å². The molecule has 0 radical (unpaired) electrons. The quantitative estimate of drug-likeness (QED) is 0.487. The number of rotatable bonds is 4. The lowest BCUT2D eigenvalue weighted by Crippen LogP contribution is -2.50. The van der Waals surface area contributed by atoms with Gasteiger partial charge in [-0.05, 0) is 53.0 Å². The standard InChI is InChI=1S/C32H38ClN5O3/c1-32(2,3)19-37-18-26-22(13-27(33)30-25(26)16-34-35-30)12-23(31(37)41)15-28(39)36-10-8-24(9-11-36)38-17-21-7-5-4-6-20(21)14-29(38)40/h4-7,13,16,23-24H,8-12,14-15,17-19H2,1-3H3,(H,34,35)/t23-/m0/s1. The van der Waals surface area contributed by atoms with E-state index in [1.165, 1.54) is 5.56 Å². The van der Waals surface area contributed by atoms with E-state index in [1.807, 2.05) is 39.0 Å². The molecule has 1 fully saturated rings. The second-order valence-electron chi connectivity index (χ2n) is 13.1. The number of benzene rings is 2. The highest BCUT2D eigenvalue weighted by Crippen LogP contribution is 2.35. The predicted molar refractivity (Wildman–Crippen MR) is 158 cm³/mol. The zero-order valence-electron chi connectivity index (χ0n) is 24.1. The van der Waals surface area contributed by atoms with E-state index in [0.717, 1.165) is 40.4 Å². The third-order valence-electron chi connectivity index (χ3n) is 8.83. The van der Waals surface area contributed by atoms with Gasteiger partial charge in [0.05, 0.1) is 29.1 Å². The number of piperidine rings is 1. The third-order valence-corrected chi connectivity index (χ3v) is 9.13. The first-order chi connectivity index (χ1) is 19.6. The van der Waals surface area contributed by atoms with Crippen molar-refractivity contribution in [2.24, 2.45) is 11.3 Å². The fraction of sp³-hybridized carbons (Fsp3) is 0.500. The van der Waals surface area contributed by atoms with Crippen molar-refractivity contribution in [2.45, 2.75) is 72.0 Å². The molecule has 3 aliphatic heterocycles. The molecule has 0 spiro atoms. The Kier molecular flexibility index (Phi) is 7.30. The molecule has 3 aliphatic rings. The van der Waals surface area contributed by atoms with Crippen LogP contribution >= 0.6 is 11.6 Å². The molecule has 3 amide bonds. The van der Waals surface area contributed by atoms with Crippen molar-refractivity contribution in [1.82, 2.24) is 24.9 Å². The Morgan fingerprint density at radius 1 is 1.07 bits per heavy atom. The molecular formula is C32H38ClN5O3. The van der Waals surface area contributed by atoms with Gasteiger partial charge in [0, 0.05) is 50.6 Å². The van der Waals surface area contributed by atoms with Crippen LogP contribution in [0.1, 0.15) is 62.3 Å². The molecule has 3 aromatic rings. The van der Waals surface area contributed by atoms with Crippen LogP contribution in [0, 0.1) is 11.3 Å². The number of hydrogen-bond donors (Lipinski definition) is 1. The summed E-state index contributed by atoms with van der Waals surface area (Å²) >= 11 is 6.59. The average Bonchev–Trinajstić information content (AvgIpc) is 3.39. The molecule has 6 rings (SSSR count). The van der Waals surface area contributed by atoms with Crippen molar-refractivity contribution in [3.63, 3.8) is 0 Å². The van der Waals surface area contributed by atoms with E-state index in [4.69, 9.17) is 11.6 Å². The first kappa shape index (κ1) is 27.8. The summed E-state index contributed by atoms with van der Waals surface area (Å²) in [5.41, 5.74) is 5.08. The van der Waals surface area contributed by atoms with Crippen LogP contribution in [0.25, 0.3) is 10.9 Å². The summed E-state index contributed by atoms with van der Waals surface area (Å²) in [5, 5.41) is 8.70. The molecule has 1 atom stereocenters. The number of carbonyl (C=O) groups excluding carboxylic acids is 3. The largest absolute Gasteiger partial charge is 0.343 e. The van der Waals surface area contributed by atoms with Crippen molar-refractivity contribution in [3.05, 3.63) is 63.8 Å². The Morgan fingerprint density at radius 2 is 1.80 bits per heavy atom. The number of carbonyl (C=O) groups is 3. The Morgan fingerprint density at radius 3 is 2.54 bits per heavy atom. The van der Waals surface area contributed by atoms with Crippen LogP contribution in [0.2, 0.25) is 5.02 Å². The fourth-order valence-electron chi connectivity index (χ4n) is 6.82. The SMILES string of the molecule is CC(C)(C)CN1Cc2c(cc(Cl)c3[nH]ncc23)C[C@@H](CC(=O)N2CCC(N3Cc4ccccc4CC3=O)CC2)C1=O. The van der Waals surface area contributed by atoms with Gasteiger partial charge in [0.15, 0.2) is 0 Å². The van der Waals surface area contributed by atoms with E-state index >= 15 is 0 Å². The van der Waals surface area contributed by atoms with Crippen LogP contribution in [-0.2, 0) is 40.3 Å². The van der Waals surface area contributed by atoms with Crippen molar-refractivity contribution in [3.8, 4) is 0 Å². The number of fused-ring (bicyclic) bond motifs is 4. The number of H-pyrrole nitrogens is 1. The van der Waals surface area contributed by atoms with Gasteiger partial charge in [-0.3, -0.25) is 19.5 Å². The molecule has 216 valence electrons. The first-order valence-electron chi connectivity index (χ1n) is 14.6. The first-order valence-corrected chi connectivity index (χ1v) is 15.0. The van der Waals surface area contributed by atoms with E-state index in [2.05, 4.69) is 37.0 Å². The zero-order chi connectivity index (χ0) is 28.9. The van der Waals surface area contributed by atoms with Gasteiger partial charge in [0.25, 0.3) is 0 Å². The minimum Gasteiger partial charge on any atom is -0.343 e. The van der Waals surface area contributed by atoms with Crippen LogP contribution in [0.5, 0.6) is 0 Å². The Balaban J connectivity index is 1.16. The van der Waals surface area contributed by atoms with Crippen LogP contribution in [0.3, 0.4) is 0 Å². The topological polar surface area (TPSA) is 89.6 Å². The number of aromatic nitrogens is 2. The number of hydrogen-bond acceptors (Lipinski definition) is 4. The van der Waals surface area contributed by atoms with Crippen LogP contribution in [0.4, 0.5) is 0 Å². The third kappa shape index (κ3) is 5.59. The summed E-state index contributed by atoms with van der Waals surface area (Å²) in [6.45, 7) is 9.27. The number of likely N-dealkylation sites (tertiary alicyclic amines) is 1. The van der Waals surface area contributed by atoms with E-state index in [0.29, 0.717) is 50.6 Å². The van der Waals surface area contributed by atoms with Gasteiger partial charge >= 0.3 is 0 Å². The number of halogens is 1. The molecule has 4 heterocycles. The maximum absolute atomic E-state index is 13.9. The second-order valence-corrected chi connectivity index (χ2v) is 13.5. The second kappa shape index (κ2) is 10.8. The van der Waals surface area contributed by atoms with Gasteiger partial charge in [-0.1, -0.05) is 56.6 Å². The number of aromatic amines is 1. The molecule has 1 saturated heterocycles. The summed E-state index contributed by atoms with van der Waals surface area (Å²) in [6, 6.07) is 10.2. The molecule has 1 aromatic heterocycles. The highest BCUT2D eigenvalue weighted by atomic mass is 35.5. The predicted octanol–water partition coefficient (Wildman–Crippen LogP) is 4.73. The maximum Gasteiger partial charge on any atom is 0.227 e. The lowest BCUT2D eigenvalue weighted by atomic mass is 9.91. The lowest BCUT2D eigenvalue weighted by Gasteiger charge is -2.41. The smallest absolute Gasteiger partial charge is 0.227 e. The fourth-order valence-corrected chi connectivity index (χ4v) is 7.09. The molecule has 8 nitrogen and oxygen atoms in total. The molecular weight excluding hydrogens is 538 g/mol. The molecule has 41 heavy (non-hydrogen) atoms. The molecule has 0 unspecified atom stereocenters. The van der Waals surface area contributed by atoms with Crippen molar-refractivity contribution >= 4 is 40.2 Å². The number of amides is 3. The normalized spacial score (nSPS) is 20.3. The Hall–Kier alpha value is -3.39. The van der Waals surface area contributed by atoms with Gasteiger partial charge in [0.1, 0.15) is 0 Å². The van der Waals surface area contributed by atoms with Crippen molar-refractivity contribution in [1.29, 1.82) is 0 Å². The molecule has 0 saturated carbocycles. The summed E-state index contributed by atoms with van der Waals surface area (Å²) in [6.07, 6.45) is 4.37. The average molecular weight is 576 g/mol. The molecule has 0 aliphatic carbocycles. The maximum atomic E-state index is 13.9. The summed E-state index contributed by atoms with van der Waals surface area (Å²) < 4.78 is 0. The zero-order valence-corrected chi connectivity index (χ0v) is 24.8.